The summed E-state index contributed by atoms with van der Waals surface area (Å²) in [6.45, 7) is 3.56. The van der Waals surface area contributed by atoms with Crippen LogP contribution in [0.2, 0.25) is 10.0 Å². The number of halogens is 2. The summed E-state index contributed by atoms with van der Waals surface area (Å²) in [6.07, 6.45) is 4.57. The SMILES string of the molecule is O=S(=O)(NCCCN1CCCCC1)c1cc(Cl)ccc1Cl. The largest absolute Gasteiger partial charge is 0.303 e. The monoisotopic (exact) mass is 350 g/mol. The lowest BCUT2D eigenvalue weighted by molar-refractivity contribution is 0.227. The van der Waals surface area contributed by atoms with Gasteiger partial charge in [0.25, 0.3) is 0 Å². The number of rotatable bonds is 6. The van der Waals surface area contributed by atoms with Gasteiger partial charge in [-0.3, -0.25) is 0 Å². The minimum atomic E-state index is -3.60. The number of hydrogen-bond acceptors (Lipinski definition) is 3. The Bertz CT molecular complexity index is 572. The molecule has 0 saturated carbocycles. The minimum Gasteiger partial charge on any atom is -0.303 e. The summed E-state index contributed by atoms with van der Waals surface area (Å²) in [5.41, 5.74) is 0. The van der Waals surface area contributed by atoms with Crippen molar-refractivity contribution < 1.29 is 8.42 Å². The maximum atomic E-state index is 12.2. The Balaban J connectivity index is 1.85. The second kappa shape index (κ2) is 7.79. The van der Waals surface area contributed by atoms with Crippen molar-refractivity contribution in [2.24, 2.45) is 0 Å². The summed E-state index contributed by atoms with van der Waals surface area (Å²) < 4.78 is 27.0. The summed E-state index contributed by atoms with van der Waals surface area (Å²) in [6, 6.07) is 4.43. The fraction of sp³-hybridized carbons (Fsp3) is 0.571. The molecule has 1 aromatic carbocycles. The van der Waals surface area contributed by atoms with Crippen LogP contribution < -0.4 is 4.72 Å². The van der Waals surface area contributed by atoms with Crippen molar-refractivity contribution >= 4 is 33.2 Å². The van der Waals surface area contributed by atoms with Gasteiger partial charge in [-0.15, -0.1) is 0 Å². The van der Waals surface area contributed by atoms with Crippen LogP contribution in [0.5, 0.6) is 0 Å². The van der Waals surface area contributed by atoms with Crippen molar-refractivity contribution in [1.82, 2.24) is 9.62 Å². The van der Waals surface area contributed by atoms with E-state index in [0.717, 1.165) is 26.1 Å². The Kier molecular flexibility index (Phi) is 6.32. The van der Waals surface area contributed by atoms with Gasteiger partial charge in [-0.2, -0.15) is 0 Å². The van der Waals surface area contributed by atoms with Gasteiger partial charge in [0.15, 0.2) is 0 Å². The molecule has 4 nitrogen and oxygen atoms in total. The molecule has 0 amide bonds. The second-order valence-electron chi connectivity index (χ2n) is 5.23. The van der Waals surface area contributed by atoms with Crippen LogP contribution in [0.15, 0.2) is 23.1 Å². The summed E-state index contributed by atoms with van der Waals surface area (Å²) >= 11 is 11.8. The van der Waals surface area contributed by atoms with E-state index < -0.39 is 10.0 Å². The molecule has 0 unspecified atom stereocenters. The first-order chi connectivity index (χ1) is 9.99. The fourth-order valence-corrected chi connectivity index (χ4v) is 4.29. The quantitative estimate of drug-likeness (QED) is 0.801. The highest BCUT2D eigenvalue weighted by Gasteiger charge is 2.18. The van der Waals surface area contributed by atoms with Gasteiger partial charge in [0.1, 0.15) is 4.90 Å². The zero-order chi connectivity index (χ0) is 15.3. The molecular weight excluding hydrogens is 331 g/mol. The van der Waals surface area contributed by atoms with Gasteiger partial charge in [0.2, 0.25) is 10.0 Å². The highest BCUT2D eigenvalue weighted by Crippen LogP contribution is 2.24. The van der Waals surface area contributed by atoms with Gasteiger partial charge < -0.3 is 4.90 Å². The Morgan fingerprint density at radius 2 is 1.86 bits per heavy atom. The third-order valence-corrected chi connectivity index (χ3v) is 5.75. The maximum Gasteiger partial charge on any atom is 0.242 e. The van der Waals surface area contributed by atoms with Crippen LogP contribution in [-0.4, -0.2) is 39.5 Å². The molecule has 1 fully saturated rings. The van der Waals surface area contributed by atoms with Crippen LogP contribution in [-0.2, 0) is 10.0 Å². The first-order valence-electron chi connectivity index (χ1n) is 7.16. The van der Waals surface area contributed by atoms with Crippen LogP contribution in [0.25, 0.3) is 0 Å². The van der Waals surface area contributed by atoms with Gasteiger partial charge >= 0.3 is 0 Å². The molecule has 0 aliphatic carbocycles. The Hall–Kier alpha value is -0.330. The van der Waals surface area contributed by atoms with Crippen LogP contribution in [0.4, 0.5) is 0 Å². The molecule has 21 heavy (non-hydrogen) atoms. The van der Waals surface area contributed by atoms with E-state index in [9.17, 15) is 8.42 Å². The second-order valence-corrected chi connectivity index (χ2v) is 7.81. The van der Waals surface area contributed by atoms with E-state index >= 15 is 0 Å². The molecule has 0 spiro atoms. The number of hydrogen-bond donors (Lipinski definition) is 1. The van der Waals surface area contributed by atoms with Crippen molar-refractivity contribution in [3.05, 3.63) is 28.2 Å². The molecule has 7 heteroatoms. The number of nitrogens with one attached hydrogen (secondary N) is 1. The van der Waals surface area contributed by atoms with E-state index in [0.29, 0.717) is 11.6 Å². The first-order valence-corrected chi connectivity index (χ1v) is 9.40. The van der Waals surface area contributed by atoms with Gasteiger partial charge in [0, 0.05) is 11.6 Å². The average molecular weight is 351 g/mol. The smallest absolute Gasteiger partial charge is 0.242 e. The molecule has 1 aromatic rings. The lowest BCUT2D eigenvalue weighted by Crippen LogP contribution is -2.33. The summed E-state index contributed by atoms with van der Waals surface area (Å²) in [7, 11) is -3.60. The highest BCUT2D eigenvalue weighted by atomic mass is 35.5. The van der Waals surface area contributed by atoms with Crippen molar-refractivity contribution in [3.8, 4) is 0 Å². The van der Waals surface area contributed by atoms with Gasteiger partial charge in [-0.25, -0.2) is 13.1 Å². The molecule has 2 rings (SSSR count). The molecule has 1 aliphatic rings. The van der Waals surface area contributed by atoms with E-state index in [2.05, 4.69) is 9.62 Å². The number of likely N-dealkylation sites (tertiary alicyclic amines) is 1. The Morgan fingerprint density at radius 3 is 2.57 bits per heavy atom. The zero-order valence-corrected chi connectivity index (χ0v) is 14.1. The molecule has 0 bridgehead atoms. The summed E-state index contributed by atoms with van der Waals surface area (Å²) in [4.78, 5) is 2.42. The van der Waals surface area contributed by atoms with E-state index in [1.54, 1.807) is 6.07 Å². The summed E-state index contributed by atoms with van der Waals surface area (Å²) in [5, 5.41) is 0.538. The van der Waals surface area contributed by atoms with Gasteiger partial charge in [0.05, 0.1) is 5.02 Å². The normalized spacial score (nSPS) is 17.0. The highest BCUT2D eigenvalue weighted by molar-refractivity contribution is 7.89. The van der Waals surface area contributed by atoms with Gasteiger partial charge in [-0.1, -0.05) is 29.6 Å². The van der Waals surface area contributed by atoms with E-state index in [-0.39, 0.29) is 9.92 Å². The van der Waals surface area contributed by atoms with Crippen LogP contribution in [0, 0.1) is 0 Å². The number of sulfonamides is 1. The first kappa shape index (κ1) is 17.0. The van der Waals surface area contributed by atoms with Gasteiger partial charge in [-0.05, 0) is 57.1 Å². The molecule has 1 saturated heterocycles. The topological polar surface area (TPSA) is 49.4 Å². The van der Waals surface area contributed by atoms with Crippen LogP contribution in [0.1, 0.15) is 25.7 Å². The van der Waals surface area contributed by atoms with E-state index in [1.165, 1.54) is 31.4 Å². The lowest BCUT2D eigenvalue weighted by atomic mass is 10.1. The Morgan fingerprint density at radius 1 is 1.14 bits per heavy atom. The Labute approximate surface area is 136 Å². The number of nitrogens with zero attached hydrogens (tertiary/aromatic N) is 1. The average Bonchev–Trinajstić information content (AvgIpc) is 2.47. The fourth-order valence-electron chi connectivity index (χ4n) is 2.45. The predicted octanol–water partition coefficient (Wildman–Crippen LogP) is 3.15. The molecule has 0 radical (unpaired) electrons. The molecule has 1 N–H and O–H groups in total. The van der Waals surface area contributed by atoms with E-state index in [4.69, 9.17) is 23.2 Å². The van der Waals surface area contributed by atoms with Crippen molar-refractivity contribution in [2.45, 2.75) is 30.6 Å². The number of benzene rings is 1. The summed E-state index contributed by atoms with van der Waals surface area (Å²) in [5.74, 6) is 0. The van der Waals surface area contributed by atoms with Crippen molar-refractivity contribution in [1.29, 1.82) is 0 Å². The number of piperidine rings is 1. The third kappa shape index (κ3) is 5.11. The standard InChI is InChI=1S/C14H20Cl2N2O2S/c15-12-5-6-13(16)14(11-12)21(19,20)17-7-4-10-18-8-2-1-3-9-18/h5-6,11,17H,1-4,7-10H2. The van der Waals surface area contributed by atoms with Crippen LogP contribution >= 0.6 is 23.2 Å². The lowest BCUT2D eigenvalue weighted by Gasteiger charge is -2.26. The van der Waals surface area contributed by atoms with Crippen LogP contribution in [0.3, 0.4) is 0 Å². The van der Waals surface area contributed by atoms with Crippen molar-refractivity contribution in [3.63, 3.8) is 0 Å². The third-order valence-electron chi connectivity index (χ3n) is 3.57. The maximum absolute atomic E-state index is 12.2. The molecule has 118 valence electrons. The molecule has 0 atom stereocenters. The van der Waals surface area contributed by atoms with E-state index in [1.807, 2.05) is 0 Å². The molecule has 1 heterocycles. The predicted molar refractivity (Wildman–Crippen MR) is 86.6 cm³/mol. The molecule has 0 aromatic heterocycles. The molecule has 1 aliphatic heterocycles. The molecular formula is C14H20Cl2N2O2S. The zero-order valence-electron chi connectivity index (χ0n) is 11.8. The minimum absolute atomic E-state index is 0.0367. The van der Waals surface area contributed by atoms with Crippen molar-refractivity contribution in [2.75, 3.05) is 26.2 Å².